The Hall–Kier alpha value is -2.06. The maximum Gasteiger partial charge on any atom is 0.416 e. The molecule has 26 heavy (non-hydrogen) atoms. The van der Waals surface area contributed by atoms with Gasteiger partial charge in [-0.25, -0.2) is 0 Å². The van der Waals surface area contributed by atoms with Crippen LogP contribution in [-0.2, 0) is 12.4 Å². The van der Waals surface area contributed by atoms with E-state index in [-0.39, 0.29) is 24.0 Å². The molecule has 142 valence electrons. The molecule has 0 bridgehead atoms. The first-order valence-electron chi connectivity index (χ1n) is 7.69. The third-order valence-electron chi connectivity index (χ3n) is 3.91. The van der Waals surface area contributed by atoms with E-state index in [0.29, 0.717) is 0 Å². The van der Waals surface area contributed by atoms with Gasteiger partial charge in [-0.3, -0.25) is 0 Å². The monoisotopic (exact) mass is 378 g/mol. The molecule has 0 saturated carbocycles. The summed E-state index contributed by atoms with van der Waals surface area (Å²) in [6, 6.07) is 8.30. The van der Waals surface area contributed by atoms with Gasteiger partial charge >= 0.3 is 12.4 Å². The van der Waals surface area contributed by atoms with Crippen LogP contribution in [0.4, 0.5) is 26.3 Å². The summed E-state index contributed by atoms with van der Waals surface area (Å²) in [7, 11) is 0. The van der Waals surface area contributed by atoms with Crippen LogP contribution in [0.3, 0.4) is 0 Å². The van der Waals surface area contributed by atoms with Crippen molar-refractivity contribution in [3.8, 4) is 0 Å². The topological polar surface area (TPSA) is 40.5 Å². The van der Waals surface area contributed by atoms with Gasteiger partial charge in [-0.15, -0.1) is 0 Å². The molecular formula is C18H16F6O2. The molecule has 0 amide bonds. The van der Waals surface area contributed by atoms with Crippen molar-refractivity contribution in [1.29, 1.82) is 0 Å². The van der Waals surface area contributed by atoms with Crippen LogP contribution in [0, 0.1) is 0 Å². The van der Waals surface area contributed by atoms with Crippen molar-refractivity contribution in [2.24, 2.45) is 0 Å². The van der Waals surface area contributed by atoms with Crippen molar-refractivity contribution in [1.82, 2.24) is 0 Å². The number of rotatable bonds is 5. The van der Waals surface area contributed by atoms with Crippen molar-refractivity contribution in [3.05, 3.63) is 70.8 Å². The standard InChI is InChI=1S/C18H16F6O2/c19-17(20,21)13-5-1-3-11(9-13)15(25)7-8-16(26)12-4-2-6-14(10-12)18(22,23)24/h1-6,9-10,15-16,25-26H,7-8H2. The second-order valence-electron chi connectivity index (χ2n) is 5.86. The van der Waals surface area contributed by atoms with Crippen LogP contribution in [0.1, 0.15) is 47.3 Å². The summed E-state index contributed by atoms with van der Waals surface area (Å²) in [5.74, 6) is 0. The van der Waals surface area contributed by atoms with Gasteiger partial charge in [-0.2, -0.15) is 26.3 Å². The second kappa shape index (κ2) is 7.67. The lowest BCUT2D eigenvalue weighted by molar-refractivity contribution is -0.138. The van der Waals surface area contributed by atoms with Crippen LogP contribution in [0.25, 0.3) is 0 Å². The largest absolute Gasteiger partial charge is 0.416 e. The van der Waals surface area contributed by atoms with E-state index in [9.17, 15) is 36.6 Å². The molecule has 0 heterocycles. The molecule has 0 aromatic heterocycles. The molecular weight excluding hydrogens is 362 g/mol. The van der Waals surface area contributed by atoms with E-state index >= 15 is 0 Å². The van der Waals surface area contributed by atoms with Crippen LogP contribution in [0.5, 0.6) is 0 Å². The zero-order valence-electron chi connectivity index (χ0n) is 13.3. The Morgan fingerprint density at radius 3 is 1.31 bits per heavy atom. The van der Waals surface area contributed by atoms with E-state index in [0.717, 1.165) is 36.4 Å². The fraction of sp³-hybridized carbons (Fsp3) is 0.333. The average Bonchev–Trinajstić information content (AvgIpc) is 2.58. The number of aliphatic hydroxyl groups excluding tert-OH is 2. The van der Waals surface area contributed by atoms with E-state index in [1.165, 1.54) is 12.1 Å². The first-order valence-corrected chi connectivity index (χ1v) is 7.69. The van der Waals surface area contributed by atoms with Crippen LogP contribution in [0.2, 0.25) is 0 Å². The summed E-state index contributed by atoms with van der Waals surface area (Å²) < 4.78 is 76.1. The van der Waals surface area contributed by atoms with E-state index in [4.69, 9.17) is 0 Å². The molecule has 2 unspecified atom stereocenters. The van der Waals surface area contributed by atoms with Crippen molar-refractivity contribution in [3.63, 3.8) is 0 Å². The van der Waals surface area contributed by atoms with Gasteiger partial charge < -0.3 is 10.2 Å². The Morgan fingerprint density at radius 2 is 1.00 bits per heavy atom. The van der Waals surface area contributed by atoms with Gasteiger partial charge in [0.15, 0.2) is 0 Å². The Kier molecular flexibility index (Phi) is 5.98. The zero-order valence-corrected chi connectivity index (χ0v) is 13.3. The molecule has 2 nitrogen and oxygen atoms in total. The molecule has 0 aliphatic heterocycles. The van der Waals surface area contributed by atoms with E-state index < -0.39 is 35.7 Å². The van der Waals surface area contributed by atoms with Gasteiger partial charge in [0.25, 0.3) is 0 Å². The molecule has 2 atom stereocenters. The van der Waals surface area contributed by atoms with Crippen molar-refractivity contribution in [2.45, 2.75) is 37.4 Å². The third-order valence-corrected chi connectivity index (χ3v) is 3.91. The molecule has 2 N–H and O–H groups in total. The summed E-state index contributed by atoms with van der Waals surface area (Å²) in [5, 5.41) is 20.1. The first kappa shape index (κ1) is 20.3. The maximum atomic E-state index is 12.7. The van der Waals surface area contributed by atoms with Crippen LogP contribution in [-0.4, -0.2) is 10.2 Å². The second-order valence-corrected chi connectivity index (χ2v) is 5.86. The number of hydrogen-bond acceptors (Lipinski definition) is 2. The fourth-order valence-electron chi connectivity index (χ4n) is 2.49. The van der Waals surface area contributed by atoms with Crippen molar-refractivity contribution < 1.29 is 36.6 Å². The molecule has 0 radical (unpaired) electrons. The Morgan fingerprint density at radius 1 is 0.654 bits per heavy atom. The van der Waals surface area contributed by atoms with E-state index in [2.05, 4.69) is 0 Å². The minimum absolute atomic E-state index is 0.0241. The molecule has 0 fully saturated rings. The summed E-state index contributed by atoms with van der Waals surface area (Å²) in [6.07, 6.45) is -11.9. The normalized spacial score (nSPS) is 14.9. The lowest BCUT2D eigenvalue weighted by atomic mass is 9.97. The summed E-state index contributed by atoms with van der Waals surface area (Å²) >= 11 is 0. The van der Waals surface area contributed by atoms with Crippen LogP contribution >= 0.6 is 0 Å². The lowest BCUT2D eigenvalue weighted by Crippen LogP contribution is -2.09. The summed E-state index contributed by atoms with van der Waals surface area (Å²) in [6.45, 7) is 0. The summed E-state index contributed by atoms with van der Waals surface area (Å²) in [5.41, 5.74) is -1.77. The van der Waals surface area contributed by atoms with Gasteiger partial charge in [0.1, 0.15) is 0 Å². The molecule has 0 aliphatic rings. The molecule has 8 heteroatoms. The number of hydrogen-bond donors (Lipinski definition) is 2. The highest BCUT2D eigenvalue weighted by Gasteiger charge is 2.32. The number of alkyl halides is 6. The van der Waals surface area contributed by atoms with Crippen LogP contribution in [0.15, 0.2) is 48.5 Å². The molecule has 0 saturated heterocycles. The van der Waals surface area contributed by atoms with Crippen LogP contribution < -0.4 is 0 Å². The first-order chi connectivity index (χ1) is 12.0. The van der Waals surface area contributed by atoms with Crippen molar-refractivity contribution >= 4 is 0 Å². The minimum Gasteiger partial charge on any atom is -0.388 e. The number of halogens is 6. The van der Waals surface area contributed by atoms with E-state index in [1.54, 1.807) is 0 Å². The van der Waals surface area contributed by atoms with Gasteiger partial charge in [0.2, 0.25) is 0 Å². The number of benzene rings is 2. The van der Waals surface area contributed by atoms with Gasteiger partial charge in [-0.1, -0.05) is 24.3 Å². The summed E-state index contributed by atoms with van der Waals surface area (Å²) in [4.78, 5) is 0. The fourth-order valence-corrected chi connectivity index (χ4v) is 2.49. The minimum atomic E-state index is -4.55. The predicted molar refractivity (Wildman–Crippen MR) is 82.0 cm³/mol. The van der Waals surface area contributed by atoms with Crippen molar-refractivity contribution in [2.75, 3.05) is 0 Å². The average molecular weight is 378 g/mol. The van der Waals surface area contributed by atoms with Gasteiger partial charge in [0, 0.05) is 0 Å². The lowest BCUT2D eigenvalue weighted by Gasteiger charge is -2.17. The molecule has 0 spiro atoms. The molecule has 2 aromatic carbocycles. The zero-order chi connectivity index (χ0) is 19.5. The van der Waals surface area contributed by atoms with E-state index in [1.807, 2.05) is 0 Å². The SMILES string of the molecule is OC(CCC(O)c1cccc(C(F)(F)F)c1)c1cccc(C(F)(F)F)c1. The molecule has 0 aliphatic carbocycles. The van der Waals surface area contributed by atoms with Gasteiger partial charge in [-0.05, 0) is 48.2 Å². The predicted octanol–water partition coefficient (Wildman–Crippen LogP) is 5.27. The highest BCUT2D eigenvalue weighted by molar-refractivity contribution is 5.28. The highest BCUT2D eigenvalue weighted by atomic mass is 19.4. The smallest absolute Gasteiger partial charge is 0.388 e. The maximum absolute atomic E-state index is 12.7. The molecule has 2 aromatic rings. The van der Waals surface area contributed by atoms with Gasteiger partial charge in [0.05, 0.1) is 23.3 Å². The third kappa shape index (κ3) is 5.22. The Balaban J connectivity index is 2.04. The number of aliphatic hydroxyl groups is 2. The highest BCUT2D eigenvalue weighted by Crippen LogP contribution is 2.34. The quantitative estimate of drug-likeness (QED) is 0.696. The Labute approximate surface area is 145 Å². The molecule has 2 rings (SSSR count). The Bertz CT molecular complexity index is 675.